The van der Waals surface area contributed by atoms with Gasteiger partial charge >= 0.3 is 0 Å². The summed E-state index contributed by atoms with van der Waals surface area (Å²) in [4.78, 5) is 1.20. The van der Waals surface area contributed by atoms with E-state index in [1.807, 2.05) is 30.5 Å². The molecule has 1 aromatic carbocycles. The maximum atomic E-state index is 9.63. The molecule has 4 heteroatoms. The van der Waals surface area contributed by atoms with Crippen molar-refractivity contribution in [2.75, 3.05) is 6.26 Å². The molecule has 0 saturated carbocycles. The Kier molecular flexibility index (Phi) is 6.20. The molecule has 0 bridgehead atoms. The summed E-state index contributed by atoms with van der Waals surface area (Å²) in [6.07, 6.45) is 1.47. The maximum Gasteiger partial charge on any atom is 0.0938 e. The molecule has 0 unspecified atom stereocenters. The summed E-state index contributed by atoms with van der Waals surface area (Å²) < 4.78 is 0. The summed E-state index contributed by atoms with van der Waals surface area (Å²) in [5.41, 5.74) is 6.47. The third-order valence-electron chi connectivity index (χ3n) is 1.96. The minimum absolute atomic E-state index is 0. The van der Waals surface area contributed by atoms with Gasteiger partial charge in [-0.3, -0.25) is 0 Å². The smallest absolute Gasteiger partial charge is 0.0938 e. The number of rotatable bonds is 3. The standard InChI is InChI=1S/C10H15NOS.ClH/c1-7(11)10(12)8-3-5-9(13-2)6-4-8;/h3-7,10,12H,11H2,1-2H3;1H/t7-,10-;/m0./s1. The molecule has 0 spiro atoms. The molecular formula is C10H16ClNOS. The molecule has 0 aliphatic heterocycles. The van der Waals surface area contributed by atoms with Crippen molar-refractivity contribution in [2.45, 2.75) is 24.0 Å². The number of aliphatic hydroxyl groups excluding tert-OH is 1. The van der Waals surface area contributed by atoms with Crippen molar-refractivity contribution < 1.29 is 5.11 Å². The minimum Gasteiger partial charge on any atom is -0.387 e. The van der Waals surface area contributed by atoms with Gasteiger partial charge in [0.1, 0.15) is 0 Å². The zero-order valence-corrected chi connectivity index (χ0v) is 9.94. The van der Waals surface area contributed by atoms with Crippen LogP contribution in [0.3, 0.4) is 0 Å². The van der Waals surface area contributed by atoms with Crippen LogP contribution in [0.5, 0.6) is 0 Å². The molecule has 0 aromatic heterocycles. The molecular weight excluding hydrogens is 218 g/mol. The van der Waals surface area contributed by atoms with Crippen LogP contribution in [0.4, 0.5) is 0 Å². The molecule has 2 atom stereocenters. The van der Waals surface area contributed by atoms with Gasteiger partial charge in [-0.1, -0.05) is 12.1 Å². The van der Waals surface area contributed by atoms with Crippen molar-refractivity contribution in [3.63, 3.8) is 0 Å². The zero-order valence-electron chi connectivity index (χ0n) is 8.31. The molecule has 1 rings (SSSR count). The first-order chi connectivity index (χ1) is 6.15. The van der Waals surface area contributed by atoms with Gasteiger partial charge in [0.2, 0.25) is 0 Å². The van der Waals surface area contributed by atoms with Crippen LogP contribution >= 0.6 is 24.2 Å². The van der Waals surface area contributed by atoms with E-state index in [2.05, 4.69) is 0 Å². The lowest BCUT2D eigenvalue weighted by molar-refractivity contribution is 0.153. The van der Waals surface area contributed by atoms with Crippen LogP contribution in [-0.2, 0) is 0 Å². The lowest BCUT2D eigenvalue weighted by Gasteiger charge is -2.14. The van der Waals surface area contributed by atoms with Crippen molar-refractivity contribution >= 4 is 24.2 Å². The van der Waals surface area contributed by atoms with Gasteiger partial charge < -0.3 is 10.8 Å². The SMILES string of the molecule is CSc1ccc([C@@H](O)[C@H](C)N)cc1.Cl. The van der Waals surface area contributed by atoms with E-state index >= 15 is 0 Å². The van der Waals surface area contributed by atoms with E-state index in [9.17, 15) is 5.11 Å². The summed E-state index contributed by atoms with van der Waals surface area (Å²) >= 11 is 1.68. The highest BCUT2D eigenvalue weighted by Gasteiger charge is 2.11. The van der Waals surface area contributed by atoms with Gasteiger partial charge in [0, 0.05) is 10.9 Å². The van der Waals surface area contributed by atoms with Gasteiger partial charge in [-0.25, -0.2) is 0 Å². The van der Waals surface area contributed by atoms with E-state index in [0.717, 1.165) is 5.56 Å². The molecule has 3 N–H and O–H groups in total. The first kappa shape index (κ1) is 13.8. The number of halogens is 1. The van der Waals surface area contributed by atoms with E-state index in [-0.39, 0.29) is 18.4 Å². The second-order valence-electron chi connectivity index (χ2n) is 3.08. The molecule has 1 aromatic rings. The average Bonchev–Trinajstić information content (AvgIpc) is 2.17. The first-order valence-corrected chi connectivity index (χ1v) is 5.45. The summed E-state index contributed by atoms with van der Waals surface area (Å²) in [6, 6.07) is 7.59. The Labute approximate surface area is 95.3 Å². The molecule has 14 heavy (non-hydrogen) atoms. The third kappa shape index (κ3) is 3.50. The highest BCUT2D eigenvalue weighted by molar-refractivity contribution is 7.98. The summed E-state index contributed by atoms with van der Waals surface area (Å²) in [6.45, 7) is 1.80. The Morgan fingerprint density at radius 2 is 1.79 bits per heavy atom. The van der Waals surface area contributed by atoms with Crippen molar-refractivity contribution in [3.8, 4) is 0 Å². The predicted octanol–water partition coefficient (Wildman–Crippen LogP) is 2.21. The Bertz CT molecular complexity index is 263. The van der Waals surface area contributed by atoms with Gasteiger partial charge in [0.25, 0.3) is 0 Å². The van der Waals surface area contributed by atoms with Crippen molar-refractivity contribution in [1.29, 1.82) is 0 Å². The molecule has 0 aliphatic rings. The fourth-order valence-electron chi connectivity index (χ4n) is 1.10. The average molecular weight is 234 g/mol. The van der Waals surface area contributed by atoms with Crippen molar-refractivity contribution in [3.05, 3.63) is 29.8 Å². The lowest BCUT2D eigenvalue weighted by Crippen LogP contribution is -2.24. The number of hydrogen-bond donors (Lipinski definition) is 2. The highest BCUT2D eigenvalue weighted by atomic mass is 35.5. The Hall–Kier alpha value is -0.220. The fraction of sp³-hybridized carbons (Fsp3) is 0.400. The van der Waals surface area contributed by atoms with Gasteiger partial charge in [-0.05, 0) is 30.9 Å². The third-order valence-corrected chi connectivity index (χ3v) is 2.70. The molecule has 2 nitrogen and oxygen atoms in total. The van der Waals surface area contributed by atoms with Crippen LogP contribution in [0, 0.1) is 0 Å². The number of thioether (sulfide) groups is 1. The Balaban J connectivity index is 0.00000169. The zero-order chi connectivity index (χ0) is 9.84. The summed E-state index contributed by atoms with van der Waals surface area (Å²) in [7, 11) is 0. The minimum atomic E-state index is -0.559. The van der Waals surface area contributed by atoms with Crippen LogP contribution in [0.25, 0.3) is 0 Å². The molecule has 0 radical (unpaired) electrons. The second kappa shape index (κ2) is 6.30. The van der Waals surface area contributed by atoms with Crippen LogP contribution in [-0.4, -0.2) is 17.4 Å². The molecule has 80 valence electrons. The van der Waals surface area contributed by atoms with E-state index in [4.69, 9.17) is 5.73 Å². The second-order valence-corrected chi connectivity index (χ2v) is 3.96. The molecule has 0 amide bonds. The van der Waals surface area contributed by atoms with E-state index in [0.29, 0.717) is 0 Å². The van der Waals surface area contributed by atoms with Crippen LogP contribution in [0.15, 0.2) is 29.2 Å². The Morgan fingerprint density at radius 3 is 2.14 bits per heavy atom. The van der Waals surface area contributed by atoms with Crippen molar-refractivity contribution in [2.24, 2.45) is 5.73 Å². The van der Waals surface area contributed by atoms with E-state index < -0.39 is 6.10 Å². The molecule has 0 heterocycles. The number of aliphatic hydroxyl groups is 1. The van der Waals surface area contributed by atoms with Crippen LogP contribution in [0.1, 0.15) is 18.6 Å². The van der Waals surface area contributed by atoms with Crippen LogP contribution in [0.2, 0.25) is 0 Å². The largest absolute Gasteiger partial charge is 0.387 e. The van der Waals surface area contributed by atoms with E-state index in [1.54, 1.807) is 18.7 Å². The van der Waals surface area contributed by atoms with Gasteiger partial charge in [0.15, 0.2) is 0 Å². The fourth-order valence-corrected chi connectivity index (χ4v) is 1.51. The highest BCUT2D eigenvalue weighted by Crippen LogP contribution is 2.20. The molecule has 0 saturated heterocycles. The van der Waals surface area contributed by atoms with E-state index in [1.165, 1.54) is 4.90 Å². The first-order valence-electron chi connectivity index (χ1n) is 4.22. The van der Waals surface area contributed by atoms with Gasteiger partial charge in [-0.15, -0.1) is 24.2 Å². The normalized spacial score (nSPS) is 14.3. The maximum absolute atomic E-state index is 9.63. The van der Waals surface area contributed by atoms with Gasteiger partial charge in [0.05, 0.1) is 6.10 Å². The number of nitrogens with two attached hydrogens (primary N) is 1. The summed E-state index contributed by atoms with van der Waals surface area (Å²) in [5, 5.41) is 9.63. The van der Waals surface area contributed by atoms with Crippen molar-refractivity contribution in [1.82, 2.24) is 0 Å². The molecule has 0 aliphatic carbocycles. The summed E-state index contributed by atoms with van der Waals surface area (Å²) in [5.74, 6) is 0. The predicted molar refractivity (Wildman–Crippen MR) is 64.1 cm³/mol. The quantitative estimate of drug-likeness (QED) is 0.787. The monoisotopic (exact) mass is 233 g/mol. The lowest BCUT2D eigenvalue weighted by atomic mass is 10.0. The molecule has 0 fully saturated rings. The van der Waals surface area contributed by atoms with Crippen LogP contribution < -0.4 is 5.73 Å². The van der Waals surface area contributed by atoms with Gasteiger partial charge in [-0.2, -0.15) is 0 Å². The number of benzene rings is 1. The Morgan fingerprint density at radius 1 is 1.29 bits per heavy atom. The number of hydrogen-bond acceptors (Lipinski definition) is 3. The topological polar surface area (TPSA) is 46.2 Å².